The fourth-order valence-electron chi connectivity index (χ4n) is 2.96. The molecule has 1 fully saturated rings. The van der Waals surface area contributed by atoms with Crippen molar-refractivity contribution in [3.05, 3.63) is 64.6 Å². The Labute approximate surface area is 188 Å². The summed E-state index contributed by atoms with van der Waals surface area (Å²) in [5.41, 5.74) is 2.26. The smallest absolute Gasteiger partial charge is 0.265 e. The van der Waals surface area contributed by atoms with Crippen molar-refractivity contribution in [3.63, 3.8) is 0 Å². The normalized spacial score (nSPS) is 16.2. The van der Waals surface area contributed by atoms with Gasteiger partial charge >= 0.3 is 0 Å². The first-order chi connectivity index (χ1) is 14.5. The molecule has 1 aliphatic rings. The first-order valence-electron chi connectivity index (χ1n) is 10.1. The van der Waals surface area contributed by atoms with E-state index in [1.165, 1.54) is 22.2 Å². The molecule has 6 heteroatoms. The van der Waals surface area contributed by atoms with Gasteiger partial charge in [0.25, 0.3) is 5.91 Å². The van der Waals surface area contributed by atoms with Crippen LogP contribution in [0.15, 0.2) is 53.4 Å². The second-order valence-corrected chi connectivity index (χ2v) is 8.92. The molecule has 0 saturated carbocycles. The quantitative estimate of drug-likeness (QED) is 0.276. The maximum Gasteiger partial charge on any atom is 0.265 e. The fraction of sp³-hybridized carbons (Fsp3) is 0.333. The van der Waals surface area contributed by atoms with Gasteiger partial charge in [-0.25, -0.2) is 0 Å². The maximum atomic E-state index is 12.1. The van der Waals surface area contributed by atoms with Crippen LogP contribution < -0.4 is 9.47 Å². The van der Waals surface area contributed by atoms with Crippen LogP contribution in [0.25, 0.3) is 6.08 Å². The second kappa shape index (κ2) is 10.6. The predicted octanol–water partition coefficient (Wildman–Crippen LogP) is 5.88. The minimum Gasteiger partial charge on any atom is -0.493 e. The Morgan fingerprint density at radius 2 is 1.80 bits per heavy atom. The average Bonchev–Trinajstić information content (AvgIpc) is 3.00. The minimum absolute atomic E-state index is 0.0642. The van der Waals surface area contributed by atoms with Crippen LogP contribution in [0, 0.1) is 0 Å². The molecule has 0 radical (unpaired) electrons. The van der Waals surface area contributed by atoms with Gasteiger partial charge in [0.2, 0.25) is 0 Å². The van der Waals surface area contributed by atoms with Crippen molar-refractivity contribution in [2.75, 3.05) is 20.3 Å². The van der Waals surface area contributed by atoms with Gasteiger partial charge in [-0.2, -0.15) is 0 Å². The van der Waals surface area contributed by atoms with Crippen LogP contribution in [0.4, 0.5) is 0 Å². The third kappa shape index (κ3) is 5.86. The van der Waals surface area contributed by atoms with E-state index in [0.717, 1.165) is 29.9 Å². The van der Waals surface area contributed by atoms with Crippen molar-refractivity contribution in [3.8, 4) is 11.5 Å². The molecule has 30 heavy (non-hydrogen) atoms. The van der Waals surface area contributed by atoms with Crippen LogP contribution in [0.2, 0.25) is 0 Å². The minimum atomic E-state index is -0.0642. The first kappa shape index (κ1) is 22.4. The molecule has 0 N–H and O–H groups in total. The lowest BCUT2D eigenvalue weighted by atomic mass is 9.99. The number of carbonyl (C=O) groups is 1. The third-order valence-corrected chi connectivity index (χ3v) is 6.51. The van der Waals surface area contributed by atoms with Gasteiger partial charge in [0.15, 0.2) is 0 Å². The molecule has 2 aromatic rings. The van der Waals surface area contributed by atoms with Gasteiger partial charge in [0.05, 0.1) is 18.1 Å². The molecule has 158 valence electrons. The molecule has 1 heterocycles. The number of carbonyl (C=O) groups excluding carboxylic acids is 1. The Kier molecular flexibility index (Phi) is 7.94. The molecule has 1 saturated heterocycles. The molecule has 1 atom stereocenters. The van der Waals surface area contributed by atoms with Crippen molar-refractivity contribution in [2.45, 2.75) is 32.6 Å². The SMILES string of the molecule is CCC(C)c1ccc(OCCCOc2cccc(/C=C3\SC(=S)N(C)C3=O)c2)cc1. The van der Waals surface area contributed by atoms with Gasteiger partial charge in [-0.1, -0.05) is 62.1 Å². The van der Waals surface area contributed by atoms with E-state index in [1.807, 2.05) is 42.5 Å². The maximum absolute atomic E-state index is 12.1. The summed E-state index contributed by atoms with van der Waals surface area (Å²) in [6, 6.07) is 16.0. The molecule has 2 aromatic carbocycles. The van der Waals surface area contributed by atoms with E-state index in [-0.39, 0.29) is 5.91 Å². The van der Waals surface area contributed by atoms with E-state index in [9.17, 15) is 4.79 Å². The Hall–Kier alpha value is -2.31. The Morgan fingerprint density at radius 3 is 2.43 bits per heavy atom. The predicted molar refractivity (Wildman–Crippen MR) is 128 cm³/mol. The molecule has 0 bridgehead atoms. The number of hydrogen-bond acceptors (Lipinski definition) is 5. The number of nitrogens with zero attached hydrogens (tertiary/aromatic N) is 1. The fourth-order valence-corrected chi connectivity index (χ4v) is 4.14. The average molecular weight is 442 g/mol. The van der Waals surface area contributed by atoms with Crippen LogP contribution in [-0.2, 0) is 4.79 Å². The summed E-state index contributed by atoms with van der Waals surface area (Å²) in [6.07, 6.45) is 3.77. The molecule has 4 nitrogen and oxygen atoms in total. The van der Waals surface area contributed by atoms with Crippen molar-refractivity contribution in [2.24, 2.45) is 0 Å². The number of likely N-dealkylation sites (N-methyl/N-ethyl adjacent to an activating group) is 1. The van der Waals surface area contributed by atoms with Gasteiger partial charge in [-0.3, -0.25) is 9.69 Å². The molecule has 0 aliphatic carbocycles. The van der Waals surface area contributed by atoms with Gasteiger partial charge < -0.3 is 9.47 Å². The van der Waals surface area contributed by atoms with Crippen LogP contribution in [0.3, 0.4) is 0 Å². The zero-order valence-corrected chi connectivity index (χ0v) is 19.2. The van der Waals surface area contributed by atoms with Crippen molar-refractivity contribution < 1.29 is 14.3 Å². The summed E-state index contributed by atoms with van der Waals surface area (Å²) in [5, 5.41) is 0. The summed E-state index contributed by atoms with van der Waals surface area (Å²) in [4.78, 5) is 14.3. The number of benzene rings is 2. The monoisotopic (exact) mass is 441 g/mol. The van der Waals surface area contributed by atoms with Crippen molar-refractivity contribution in [1.29, 1.82) is 0 Å². The van der Waals surface area contributed by atoms with Crippen LogP contribution in [0.1, 0.15) is 43.7 Å². The Bertz CT molecular complexity index is 924. The lowest BCUT2D eigenvalue weighted by Gasteiger charge is -2.11. The molecule has 0 aromatic heterocycles. The highest BCUT2D eigenvalue weighted by molar-refractivity contribution is 8.26. The number of thioether (sulfide) groups is 1. The molecule has 3 rings (SSSR count). The zero-order valence-electron chi connectivity index (χ0n) is 17.6. The van der Waals surface area contributed by atoms with E-state index in [1.54, 1.807) is 7.05 Å². The highest BCUT2D eigenvalue weighted by atomic mass is 32.2. The van der Waals surface area contributed by atoms with E-state index in [0.29, 0.717) is 28.4 Å². The Balaban J connectivity index is 1.45. The number of rotatable bonds is 9. The largest absolute Gasteiger partial charge is 0.493 e. The van der Waals surface area contributed by atoms with Gasteiger partial charge in [-0.15, -0.1) is 0 Å². The van der Waals surface area contributed by atoms with Crippen molar-refractivity contribution >= 4 is 40.3 Å². The van der Waals surface area contributed by atoms with Gasteiger partial charge in [0.1, 0.15) is 15.8 Å². The van der Waals surface area contributed by atoms with Gasteiger partial charge in [-0.05, 0) is 53.8 Å². The summed E-state index contributed by atoms with van der Waals surface area (Å²) in [6.45, 7) is 5.59. The van der Waals surface area contributed by atoms with Crippen LogP contribution in [0.5, 0.6) is 11.5 Å². The molecular weight excluding hydrogens is 414 g/mol. The van der Waals surface area contributed by atoms with Crippen LogP contribution >= 0.6 is 24.0 Å². The third-order valence-electron chi connectivity index (χ3n) is 5.03. The zero-order chi connectivity index (χ0) is 21.5. The molecule has 1 unspecified atom stereocenters. The standard InChI is InChI=1S/C24H27NO3S2/c1-4-17(2)19-9-11-20(12-10-19)27-13-6-14-28-21-8-5-7-18(15-21)16-22-23(26)25(3)24(29)30-22/h5,7-12,15-17H,4,6,13-14H2,1-3H3/b22-16-. The molecular formula is C24H27NO3S2. The van der Waals surface area contributed by atoms with E-state index in [4.69, 9.17) is 21.7 Å². The van der Waals surface area contributed by atoms with E-state index >= 15 is 0 Å². The Morgan fingerprint density at radius 1 is 1.10 bits per heavy atom. The summed E-state index contributed by atoms with van der Waals surface area (Å²) in [5.74, 6) is 2.17. The summed E-state index contributed by atoms with van der Waals surface area (Å²) in [7, 11) is 1.69. The van der Waals surface area contributed by atoms with E-state index < -0.39 is 0 Å². The number of hydrogen-bond donors (Lipinski definition) is 0. The second-order valence-electron chi connectivity index (χ2n) is 7.24. The number of ether oxygens (including phenoxy) is 2. The lowest BCUT2D eigenvalue weighted by molar-refractivity contribution is -0.121. The number of amides is 1. The summed E-state index contributed by atoms with van der Waals surface area (Å²) >= 11 is 6.49. The summed E-state index contributed by atoms with van der Waals surface area (Å²) < 4.78 is 12.2. The first-order valence-corrected chi connectivity index (χ1v) is 11.4. The topological polar surface area (TPSA) is 38.8 Å². The lowest BCUT2D eigenvalue weighted by Crippen LogP contribution is -2.22. The molecule has 1 amide bonds. The molecule has 0 spiro atoms. The molecule has 1 aliphatic heterocycles. The number of thiocarbonyl (C=S) groups is 1. The van der Waals surface area contributed by atoms with Crippen molar-refractivity contribution in [1.82, 2.24) is 4.90 Å². The highest BCUT2D eigenvalue weighted by Gasteiger charge is 2.28. The van der Waals surface area contributed by atoms with Crippen LogP contribution in [-0.4, -0.2) is 35.4 Å². The van der Waals surface area contributed by atoms with Gasteiger partial charge in [0, 0.05) is 13.5 Å². The highest BCUT2D eigenvalue weighted by Crippen LogP contribution is 2.31. The van der Waals surface area contributed by atoms with E-state index in [2.05, 4.69) is 26.0 Å².